The van der Waals surface area contributed by atoms with E-state index >= 15 is 0 Å². The molecule has 0 fully saturated rings. The van der Waals surface area contributed by atoms with E-state index in [1.54, 1.807) is 38.1 Å². The van der Waals surface area contributed by atoms with Crippen LogP contribution in [0.15, 0.2) is 74.2 Å². The minimum atomic E-state index is -3.72. The maximum absolute atomic E-state index is 14.8. The van der Waals surface area contributed by atoms with Gasteiger partial charge in [-0.3, -0.25) is 14.2 Å². The van der Waals surface area contributed by atoms with Gasteiger partial charge in [-0.15, -0.1) is 0 Å². The molecule has 53 heavy (non-hydrogen) atoms. The quantitative estimate of drug-likeness (QED) is 0.0302. The molecule has 0 aromatic heterocycles. The molecule has 6 atom stereocenters. The summed E-state index contributed by atoms with van der Waals surface area (Å²) in [5.41, 5.74) is 0.703. The van der Waals surface area contributed by atoms with Crippen LogP contribution in [0.3, 0.4) is 0 Å². The molecule has 11 heteroatoms. The fourth-order valence-electron chi connectivity index (χ4n) is 6.82. The molecule has 0 aliphatic carbocycles. The lowest BCUT2D eigenvalue weighted by Crippen LogP contribution is -2.36. The van der Waals surface area contributed by atoms with Gasteiger partial charge in [-0.25, -0.2) is 0 Å². The molecule has 6 unspecified atom stereocenters. The number of benzene rings is 2. The van der Waals surface area contributed by atoms with E-state index in [0.29, 0.717) is 37.1 Å². The van der Waals surface area contributed by atoms with Crippen molar-refractivity contribution in [2.45, 2.75) is 130 Å². The number of carbonyl (C=O) groups excluding carboxylic acids is 2. The Bertz CT molecular complexity index is 1530. The van der Waals surface area contributed by atoms with Crippen molar-refractivity contribution in [1.82, 2.24) is 0 Å². The van der Waals surface area contributed by atoms with E-state index < -0.39 is 49.8 Å². The topological polar surface area (TPSA) is 116 Å². The van der Waals surface area contributed by atoms with Crippen molar-refractivity contribution in [3.63, 3.8) is 0 Å². The van der Waals surface area contributed by atoms with Crippen molar-refractivity contribution >= 4 is 24.6 Å². The normalized spacial score (nSPS) is 18.7. The molecule has 10 nitrogen and oxygen atoms in total. The summed E-state index contributed by atoms with van der Waals surface area (Å²) in [6.45, 7) is 19.7. The molecular formula is C42H61O10P. The highest BCUT2D eigenvalue weighted by molar-refractivity contribution is 7.67. The smallest absolute Gasteiger partial charge is 0.312 e. The zero-order chi connectivity index (χ0) is 38.9. The number of hydrogen-bond acceptors (Lipinski definition) is 10. The maximum atomic E-state index is 14.8. The summed E-state index contributed by atoms with van der Waals surface area (Å²) < 4.78 is 55.7. The lowest BCUT2D eigenvalue weighted by molar-refractivity contribution is -0.208. The molecule has 294 valence electrons. The molecule has 0 N–H and O–H groups in total. The third kappa shape index (κ3) is 13.0. The fourth-order valence-corrected chi connectivity index (χ4v) is 9.40. The molecular weight excluding hydrogens is 695 g/mol. The molecule has 2 aromatic rings. The highest BCUT2D eigenvalue weighted by atomic mass is 31.2. The van der Waals surface area contributed by atoms with Crippen LogP contribution in [0.4, 0.5) is 0 Å². The molecule has 2 aromatic carbocycles. The van der Waals surface area contributed by atoms with Gasteiger partial charge in [-0.2, -0.15) is 0 Å². The minimum Gasteiger partial charge on any atom is -0.502 e. The fraction of sp³-hybridized carbons (Fsp3) is 0.571. The summed E-state index contributed by atoms with van der Waals surface area (Å²) in [5.74, 6) is -2.13. The minimum absolute atomic E-state index is 0.275. The zero-order valence-corrected chi connectivity index (χ0v) is 33.5. The Labute approximate surface area is 317 Å². The van der Waals surface area contributed by atoms with Crippen LogP contribution >= 0.6 is 7.37 Å². The number of para-hydroxylation sites is 1. The molecule has 1 heterocycles. The monoisotopic (exact) mass is 756 g/mol. The summed E-state index contributed by atoms with van der Waals surface area (Å²) in [4.78, 5) is 27.3. The van der Waals surface area contributed by atoms with E-state index in [0.717, 1.165) is 56.1 Å². The van der Waals surface area contributed by atoms with Crippen LogP contribution in [0.25, 0.3) is 11.1 Å². The third-order valence-corrected chi connectivity index (χ3v) is 12.4. The summed E-state index contributed by atoms with van der Waals surface area (Å²) in [6.07, 6.45) is 7.68. The molecule has 0 amide bonds. The van der Waals surface area contributed by atoms with Crippen LogP contribution in [0.5, 0.6) is 5.75 Å². The van der Waals surface area contributed by atoms with Crippen molar-refractivity contribution in [2.24, 2.45) is 5.92 Å². The average Bonchev–Trinajstić information content (AvgIpc) is 3.13. The predicted octanol–water partition coefficient (Wildman–Crippen LogP) is 9.86. The van der Waals surface area contributed by atoms with Crippen molar-refractivity contribution in [2.75, 3.05) is 19.4 Å². The first-order valence-corrected chi connectivity index (χ1v) is 20.9. The van der Waals surface area contributed by atoms with Crippen LogP contribution in [-0.4, -0.2) is 55.1 Å². The van der Waals surface area contributed by atoms with Gasteiger partial charge in [0.2, 0.25) is 6.29 Å². The highest BCUT2D eigenvalue weighted by Gasteiger charge is 2.42. The molecule has 0 radical (unpaired) electrons. The second-order valence-electron chi connectivity index (χ2n) is 13.9. The molecule has 0 spiro atoms. The first-order chi connectivity index (χ1) is 25.4. The Balaban J connectivity index is 1.74. The lowest BCUT2D eigenvalue weighted by atomic mass is 9.89. The van der Waals surface area contributed by atoms with Crippen LogP contribution in [0, 0.1) is 5.92 Å². The van der Waals surface area contributed by atoms with Gasteiger partial charge in [0.15, 0.2) is 6.29 Å². The largest absolute Gasteiger partial charge is 0.502 e. The lowest BCUT2D eigenvalue weighted by Gasteiger charge is -2.32. The summed E-state index contributed by atoms with van der Waals surface area (Å²) in [7, 11) is -3.72. The zero-order valence-electron chi connectivity index (χ0n) is 32.6. The van der Waals surface area contributed by atoms with E-state index in [9.17, 15) is 14.2 Å². The van der Waals surface area contributed by atoms with Gasteiger partial charge in [0.1, 0.15) is 11.4 Å². The molecule has 0 saturated heterocycles. The SMILES string of the molecule is C=COCCCCC(C)(CC)OC(C)OC(=O)CC(CP1(=O)Oc2ccccc2-c2ccccc21)C(=O)OC(C)OCCCC(CC)(CCC)OC=C. The van der Waals surface area contributed by atoms with Gasteiger partial charge in [-0.05, 0) is 89.8 Å². The highest BCUT2D eigenvalue weighted by Crippen LogP contribution is 2.55. The Morgan fingerprint density at radius 1 is 0.849 bits per heavy atom. The van der Waals surface area contributed by atoms with E-state index in [4.69, 9.17) is 32.9 Å². The van der Waals surface area contributed by atoms with E-state index in [1.165, 1.54) is 12.5 Å². The number of esters is 2. The first kappa shape index (κ1) is 43.8. The standard InChI is InChI=1S/C42H61O10P/c1-9-25-42(11-3,48-13-5)27-20-29-47-32(6)50-40(44)34(30-39(43)49-33(7)51-41(8,10-2)26-18-19-28-46-12-4)31-53(45)38-24-17-15-22-36(38)35-21-14-16-23-37(35)52-53/h12-17,21-24,32-34H,4-5,9-11,18-20,25-31H2,1-3,6-8H3. The number of ether oxygens (including phenoxy) is 6. The van der Waals surface area contributed by atoms with Crippen molar-refractivity contribution in [3.05, 3.63) is 74.2 Å². The van der Waals surface area contributed by atoms with Gasteiger partial charge in [-0.1, -0.05) is 76.7 Å². The maximum Gasteiger partial charge on any atom is 0.312 e. The van der Waals surface area contributed by atoms with Crippen molar-refractivity contribution in [3.8, 4) is 16.9 Å². The molecule has 3 rings (SSSR count). The first-order valence-electron chi connectivity index (χ1n) is 19.0. The van der Waals surface area contributed by atoms with Gasteiger partial charge < -0.3 is 32.9 Å². The molecule has 1 aliphatic rings. The number of unbranched alkanes of at least 4 members (excludes halogenated alkanes) is 1. The Kier molecular flexibility index (Phi) is 17.6. The Morgan fingerprint density at radius 3 is 2.25 bits per heavy atom. The molecule has 0 saturated carbocycles. The number of rotatable bonds is 26. The van der Waals surface area contributed by atoms with Crippen LogP contribution in [0.1, 0.15) is 106 Å². The number of fused-ring (bicyclic) bond motifs is 3. The molecule has 0 bridgehead atoms. The average molecular weight is 757 g/mol. The van der Waals surface area contributed by atoms with Crippen LogP contribution in [-0.2, 0) is 42.6 Å². The van der Waals surface area contributed by atoms with Gasteiger partial charge >= 0.3 is 11.9 Å². The summed E-state index contributed by atoms with van der Waals surface area (Å²) in [5, 5.41) is 0.483. The number of carbonyl (C=O) groups is 2. The number of hydrogen-bond donors (Lipinski definition) is 0. The Hall–Kier alpha value is -3.59. The van der Waals surface area contributed by atoms with Crippen LogP contribution < -0.4 is 9.83 Å². The van der Waals surface area contributed by atoms with Gasteiger partial charge in [0, 0.05) is 5.56 Å². The summed E-state index contributed by atoms with van der Waals surface area (Å²) >= 11 is 0. The van der Waals surface area contributed by atoms with Gasteiger partial charge in [0.05, 0.1) is 55.1 Å². The predicted molar refractivity (Wildman–Crippen MR) is 208 cm³/mol. The molecule has 1 aliphatic heterocycles. The second kappa shape index (κ2) is 21.3. The van der Waals surface area contributed by atoms with Gasteiger partial charge in [0.25, 0.3) is 7.37 Å². The third-order valence-electron chi connectivity index (χ3n) is 9.83. The van der Waals surface area contributed by atoms with E-state index in [2.05, 4.69) is 27.0 Å². The van der Waals surface area contributed by atoms with E-state index in [1.807, 2.05) is 38.1 Å². The van der Waals surface area contributed by atoms with Crippen molar-refractivity contribution in [1.29, 1.82) is 0 Å². The second-order valence-corrected chi connectivity index (χ2v) is 16.3. The van der Waals surface area contributed by atoms with Crippen LogP contribution in [0.2, 0.25) is 0 Å². The Morgan fingerprint density at radius 2 is 1.57 bits per heavy atom. The van der Waals surface area contributed by atoms with E-state index in [-0.39, 0.29) is 11.8 Å². The summed E-state index contributed by atoms with van der Waals surface area (Å²) in [6, 6.07) is 14.6. The van der Waals surface area contributed by atoms with Crippen molar-refractivity contribution < 1.29 is 47.1 Å².